The van der Waals surface area contributed by atoms with Crippen LogP contribution in [0.3, 0.4) is 0 Å². The van der Waals surface area contributed by atoms with Crippen molar-refractivity contribution in [1.82, 2.24) is 4.90 Å². The average Bonchev–Trinajstić information content (AvgIpc) is 2.27. The van der Waals surface area contributed by atoms with E-state index in [1.165, 1.54) is 6.07 Å². The Hall–Kier alpha value is -1.49. The Morgan fingerprint density at radius 2 is 2.06 bits per heavy atom. The zero-order valence-corrected chi connectivity index (χ0v) is 10.5. The molecule has 0 amide bonds. The number of halogens is 2. The van der Waals surface area contributed by atoms with Gasteiger partial charge in [0, 0.05) is 18.0 Å². The van der Waals surface area contributed by atoms with E-state index in [2.05, 4.69) is 0 Å². The predicted molar refractivity (Wildman–Crippen MR) is 64.3 cm³/mol. The monoisotopic (exact) mass is 257 g/mol. The Balaban J connectivity index is 2.83. The van der Waals surface area contributed by atoms with Gasteiger partial charge in [-0.15, -0.1) is 0 Å². The summed E-state index contributed by atoms with van der Waals surface area (Å²) in [5.74, 6) is -1.84. The van der Waals surface area contributed by atoms with Crippen molar-refractivity contribution < 1.29 is 18.7 Å². The molecule has 0 saturated carbocycles. The molecule has 18 heavy (non-hydrogen) atoms. The lowest BCUT2D eigenvalue weighted by molar-refractivity contribution is -0.137. The van der Waals surface area contributed by atoms with Gasteiger partial charge in [-0.1, -0.05) is 0 Å². The van der Waals surface area contributed by atoms with Gasteiger partial charge in [0.25, 0.3) is 0 Å². The minimum absolute atomic E-state index is 0.0290. The van der Waals surface area contributed by atoms with Crippen LogP contribution in [0.25, 0.3) is 0 Å². The number of hydrogen-bond acceptors (Lipinski definition) is 2. The molecule has 5 heteroatoms. The van der Waals surface area contributed by atoms with E-state index in [1.807, 2.05) is 0 Å². The molecule has 0 aliphatic rings. The van der Waals surface area contributed by atoms with Crippen molar-refractivity contribution in [3.8, 4) is 0 Å². The summed E-state index contributed by atoms with van der Waals surface area (Å²) >= 11 is 0. The molecule has 0 saturated heterocycles. The highest BCUT2D eigenvalue weighted by Gasteiger charge is 2.18. The van der Waals surface area contributed by atoms with Crippen molar-refractivity contribution in [2.75, 3.05) is 14.1 Å². The third kappa shape index (κ3) is 4.07. The number of carbonyl (C=O) groups is 1. The molecule has 100 valence electrons. The van der Waals surface area contributed by atoms with Crippen LogP contribution in [0, 0.1) is 11.6 Å². The Bertz CT molecular complexity index is 421. The van der Waals surface area contributed by atoms with Gasteiger partial charge >= 0.3 is 5.97 Å². The highest BCUT2D eigenvalue weighted by molar-refractivity contribution is 5.66. The van der Waals surface area contributed by atoms with E-state index in [-0.39, 0.29) is 18.0 Å². The van der Waals surface area contributed by atoms with E-state index in [0.717, 1.165) is 12.1 Å². The van der Waals surface area contributed by atoms with E-state index in [0.29, 0.717) is 12.8 Å². The molecular formula is C13H17F2NO2. The fourth-order valence-corrected chi connectivity index (χ4v) is 1.91. The Morgan fingerprint density at radius 1 is 1.39 bits per heavy atom. The van der Waals surface area contributed by atoms with Crippen molar-refractivity contribution in [3.63, 3.8) is 0 Å². The van der Waals surface area contributed by atoms with E-state index in [1.54, 1.807) is 19.0 Å². The van der Waals surface area contributed by atoms with Gasteiger partial charge in [0.2, 0.25) is 0 Å². The second-order valence-corrected chi connectivity index (χ2v) is 4.43. The minimum Gasteiger partial charge on any atom is -0.481 e. The number of benzene rings is 1. The molecule has 1 N–H and O–H groups in total. The first-order valence-electron chi connectivity index (χ1n) is 5.75. The van der Waals surface area contributed by atoms with Crippen LogP contribution >= 0.6 is 0 Å². The van der Waals surface area contributed by atoms with Crippen molar-refractivity contribution in [1.29, 1.82) is 0 Å². The van der Waals surface area contributed by atoms with E-state index >= 15 is 0 Å². The van der Waals surface area contributed by atoms with Crippen LogP contribution < -0.4 is 0 Å². The van der Waals surface area contributed by atoms with Gasteiger partial charge in [-0.2, -0.15) is 0 Å². The van der Waals surface area contributed by atoms with Gasteiger partial charge in [0.15, 0.2) is 0 Å². The largest absolute Gasteiger partial charge is 0.481 e. The SMILES string of the molecule is CN(C)C(CCCC(=O)O)c1cc(F)ccc1F. The first-order chi connectivity index (χ1) is 8.41. The quantitative estimate of drug-likeness (QED) is 0.852. The van der Waals surface area contributed by atoms with Crippen LogP contribution in [0.1, 0.15) is 30.9 Å². The Labute approximate surface area is 105 Å². The fourth-order valence-electron chi connectivity index (χ4n) is 1.91. The zero-order chi connectivity index (χ0) is 13.7. The summed E-state index contributed by atoms with van der Waals surface area (Å²) in [7, 11) is 3.52. The van der Waals surface area contributed by atoms with Crippen molar-refractivity contribution in [3.05, 3.63) is 35.4 Å². The lowest BCUT2D eigenvalue weighted by Gasteiger charge is -2.25. The van der Waals surface area contributed by atoms with Gasteiger partial charge in [0.1, 0.15) is 11.6 Å². The zero-order valence-electron chi connectivity index (χ0n) is 10.5. The second kappa shape index (κ2) is 6.44. The van der Waals surface area contributed by atoms with Gasteiger partial charge in [-0.05, 0) is 45.1 Å². The van der Waals surface area contributed by atoms with Crippen LogP contribution in [-0.2, 0) is 4.79 Å². The summed E-state index contributed by atoms with van der Waals surface area (Å²) in [6.45, 7) is 0. The molecule has 0 heterocycles. The van der Waals surface area contributed by atoms with Gasteiger partial charge in [0.05, 0.1) is 0 Å². The van der Waals surface area contributed by atoms with Crippen LogP contribution in [0.2, 0.25) is 0 Å². The molecule has 0 aliphatic heterocycles. The summed E-state index contributed by atoms with van der Waals surface area (Å²) in [4.78, 5) is 12.2. The highest BCUT2D eigenvalue weighted by atomic mass is 19.1. The van der Waals surface area contributed by atoms with Crippen molar-refractivity contribution in [2.45, 2.75) is 25.3 Å². The van der Waals surface area contributed by atoms with Crippen molar-refractivity contribution in [2.24, 2.45) is 0 Å². The molecular weight excluding hydrogens is 240 g/mol. The molecule has 0 aliphatic carbocycles. The van der Waals surface area contributed by atoms with Crippen LogP contribution in [-0.4, -0.2) is 30.1 Å². The molecule has 1 unspecified atom stereocenters. The molecule has 0 bridgehead atoms. The number of aliphatic carboxylic acids is 1. The molecule has 1 rings (SSSR count). The summed E-state index contributed by atoms with van der Waals surface area (Å²) in [6.07, 6.45) is 0.926. The average molecular weight is 257 g/mol. The smallest absolute Gasteiger partial charge is 0.303 e. The minimum atomic E-state index is -0.882. The maximum atomic E-state index is 13.7. The lowest BCUT2D eigenvalue weighted by atomic mass is 9.99. The first-order valence-corrected chi connectivity index (χ1v) is 5.75. The van der Waals surface area contributed by atoms with E-state index < -0.39 is 17.6 Å². The molecule has 1 aromatic rings. The number of carboxylic acids is 1. The number of rotatable bonds is 6. The number of nitrogens with zero attached hydrogens (tertiary/aromatic N) is 1. The third-order valence-corrected chi connectivity index (χ3v) is 2.81. The molecule has 0 fully saturated rings. The molecule has 3 nitrogen and oxygen atoms in total. The second-order valence-electron chi connectivity index (χ2n) is 4.43. The number of hydrogen-bond donors (Lipinski definition) is 1. The lowest BCUT2D eigenvalue weighted by Crippen LogP contribution is -2.21. The maximum Gasteiger partial charge on any atom is 0.303 e. The van der Waals surface area contributed by atoms with Crippen molar-refractivity contribution >= 4 is 5.97 Å². The molecule has 1 aromatic carbocycles. The molecule has 1 atom stereocenters. The van der Waals surface area contributed by atoms with Gasteiger partial charge in [-0.3, -0.25) is 4.79 Å². The summed E-state index contributed by atoms with van der Waals surface area (Å²) in [5.41, 5.74) is 0.269. The highest BCUT2D eigenvalue weighted by Crippen LogP contribution is 2.27. The Morgan fingerprint density at radius 3 is 2.61 bits per heavy atom. The predicted octanol–water partition coefficient (Wildman–Crippen LogP) is 2.82. The summed E-state index contributed by atoms with van der Waals surface area (Å²) in [5, 5.41) is 8.59. The van der Waals surface area contributed by atoms with Crippen LogP contribution in [0.4, 0.5) is 8.78 Å². The first kappa shape index (κ1) is 14.6. The summed E-state index contributed by atoms with van der Waals surface area (Å²) in [6, 6.07) is 3.02. The van der Waals surface area contributed by atoms with Crippen LogP contribution in [0.15, 0.2) is 18.2 Å². The molecule has 0 radical (unpaired) electrons. The van der Waals surface area contributed by atoms with Gasteiger partial charge < -0.3 is 10.0 Å². The van der Waals surface area contributed by atoms with E-state index in [4.69, 9.17) is 5.11 Å². The third-order valence-electron chi connectivity index (χ3n) is 2.81. The Kier molecular flexibility index (Phi) is 5.22. The summed E-state index contributed by atoms with van der Waals surface area (Å²) < 4.78 is 26.8. The van der Waals surface area contributed by atoms with Gasteiger partial charge in [-0.25, -0.2) is 8.78 Å². The fraction of sp³-hybridized carbons (Fsp3) is 0.462. The topological polar surface area (TPSA) is 40.5 Å². The van der Waals surface area contributed by atoms with E-state index in [9.17, 15) is 13.6 Å². The van der Waals surface area contributed by atoms with Crippen LogP contribution in [0.5, 0.6) is 0 Å². The standard InChI is InChI=1S/C13H17F2NO2/c1-16(2)12(4-3-5-13(17)18)10-8-9(14)6-7-11(10)15/h6-8,12H,3-5H2,1-2H3,(H,17,18). The number of carboxylic acid groups (broad SMARTS) is 1. The molecule has 0 aromatic heterocycles. The molecule has 0 spiro atoms. The maximum absolute atomic E-state index is 13.7. The normalized spacial score (nSPS) is 12.7.